The summed E-state index contributed by atoms with van der Waals surface area (Å²) in [6.07, 6.45) is 1.67. The molecule has 0 rings (SSSR count). The number of aliphatic imine (C=N–C) groups is 1. The van der Waals surface area contributed by atoms with Gasteiger partial charge in [0.25, 0.3) is 0 Å². The van der Waals surface area contributed by atoms with E-state index in [1.807, 2.05) is 13.8 Å². The Morgan fingerprint density at radius 2 is 2.11 bits per heavy atom. The van der Waals surface area contributed by atoms with E-state index < -0.39 is 0 Å². The standard InChI is InChI=1S/C6H13N3/c1-5(2)6(9-7)4-8-3/h4-5H,7H2,1-3H3/b8-4?,9-6+. The molecule has 0 aromatic rings. The Bertz CT molecular complexity index is 124. The molecule has 0 amide bonds. The minimum Gasteiger partial charge on any atom is -0.323 e. The molecule has 3 heteroatoms. The summed E-state index contributed by atoms with van der Waals surface area (Å²) in [4.78, 5) is 3.79. The fourth-order valence-corrected chi connectivity index (χ4v) is 0.464. The Morgan fingerprint density at radius 3 is 2.22 bits per heavy atom. The highest BCUT2D eigenvalue weighted by Gasteiger charge is 1.98. The van der Waals surface area contributed by atoms with Crippen LogP contribution in [0.1, 0.15) is 13.8 Å². The number of hydrogen-bond donors (Lipinski definition) is 1. The normalized spacial score (nSPS) is 13.6. The molecule has 0 radical (unpaired) electrons. The highest BCUT2D eigenvalue weighted by Crippen LogP contribution is 1.92. The molecular formula is C6H13N3. The molecule has 9 heavy (non-hydrogen) atoms. The number of hydrogen-bond acceptors (Lipinski definition) is 3. The summed E-state index contributed by atoms with van der Waals surface area (Å²) in [6.45, 7) is 4.04. The molecule has 0 atom stereocenters. The molecule has 2 N–H and O–H groups in total. The lowest BCUT2D eigenvalue weighted by molar-refractivity contribution is 0.887. The molecule has 0 heterocycles. The zero-order valence-corrected chi connectivity index (χ0v) is 6.13. The van der Waals surface area contributed by atoms with Crippen molar-refractivity contribution in [3.8, 4) is 0 Å². The van der Waals surface area contributed by atoms with Gasteiger partial charge in [0.1, 0.15) is 0 Å². The van der Waals surface area contributed by atoms with Gasteiger partial charge in [0.2, 0.25) is 0 Å². The SMILES string of the molecule is CN=C/C(=N\N)C(C)C. The second kappa shape index (κ2) is 4.06. The molecule has 0 aliphatic rings. The topological polar surface area (TPSA) is 50.7 Å². The van der Waals surface area contributed by atoms with Crippen molar-refractivity contribution in [2.45, 2.75) is 13.8 Å². The third-order valence-corrected chi connectivity index (χ3v) is 1.00. The van der Waals surface area contributed by atoms with Crippen LogP contribution in [0, 0.1) is 5.92 Å². The van der Waals surface area contributed by atoms with Crippen LogP contribution in [0.15, 0.2) is 10.1 Å². The summed E-state index contributed by atoms with van der Waals surface area (Å²) in [5.41, 5.74) is 0.831. The molecule has 0 spiro atoms. The Hall–Kier alpha value is -0.860. The smallest absolute Gasteiger partial charge is 0.0803 e. The summed E-state index contributed by atoms with van der Waals surface area (Å²) in [7, 11) is 1.70. The number of nitrogens with two attached hydrogens (primary N) is 1. The van der Waals surface area contributed by atoms with Gasteiger partial charge >= 0.3 is 0 Å². The van der Waals surface area contributed by atoms with Crippen molar-refractivity contribution in [2.75, 3.05) is 7.05 Å². The predicted octanol–water partition coefficient (Wildman–Crippen LogP) is 0.658. The second-order valence-corrected chi connectivity index (χ2v) is 2.10. The lowest BCUT2D eigenvalue weighted by Crippen LogP contribution is -2.11. The first kappa shape index (κ1) is 8.14. The van der Waals surface area contributed by atoms with Gasteiger partial charge in [0.05, 0.1) is 5.71 Å². The average molecular weight is 127 g/mol. The first-order chi connectivity index (χ1) is 4.22. The monoisotopic (exact) mass is 127 g/mol. The quantitative estimate of drug-likeness (QED) is 0.330. The zero-order valence-electron chi connectivity index (χ0n) is 6.13. The lowest BCUT2D eigenvalue weighted by Gasteiger charge is -1.99. The van der Waals surface area contributed by atoms with Crippen LogP contribution in [0.4, 0.5) is 0 Å². The van der Waals surface area contributed by atoms with E-state index in [4.69, 9.17) is 5.84 Å². The van der Waals surface area contributed by atoms with E-state index >= 15 is 0 Å². The molecule has 0 saturated heterocycles. The summed E-state index contributed by atoms with van der Waals surface area (Å²) < 4.78 is 0. The van der Waals surface area contributed by atoms with Crippen LogP contribution >= 0.6 is 0 Å². The third-order valence-electron chi connectivity index (χ3n) is 1.00. The van der Waals surface area contributed by atoms with Gasteiger partial charge in [-0.2, -0.15) is 5.10 Å². The maximum Gasteiger partial charge on any atom is 0.0803 e. The molecule has 0 bridgehead atoms. The summed E-state index contributed by atoms with van der Waals surface area (Å²) in [5.74, 6) is 5.42. The van der Waals surface area contributed by atoms with Crippen LogP contribution in [-0.2, 0) is 0 Å². The van der Waals surface area contributed by atoms with Gasteiger partial charge in [-0.05, 0) is 5.92 Å². The van der Waals surface area contributed by atoms with E-state index in [2.05, 4.69) is 10.1 Å². The van der Waals surface area contributed by atoms with Gasteiger partial charge in [-0.25, -0.2) is 0 Å². The van der Waals surface area contributed by atoms with Crippen LogP contribution < -0.4 is 5.84 Å². The summed E-state index contributed by atoms with van der Waals surface area (Å²) >= 11 is 0. The molecule has 0 unspecified atom stereocenters. The third kappa shape index (κ3) is 2.85. The van der Waals surface area contributed by atoms with Crippen molar-refractivity contribution >= 4 is 11.9 Å². The van der Waals surface area contributed by atoms with Crippen molar-refractivity contribution in [3.05, 3.63) is 0 Å². The van der Waals surface area contributed by atoms with E-state index in [0.717, 1.165) is 5.71 Å². The van der Waals surface area contributed by atoms with Gasteiger partial charge in [-0.15, -0.1) is 0 Å². The largest absolute Gasteiger partial charge is 0.323 e. The molecule has 0 aromatic heterocycles. The van der Waals surface area contributed by atoms with Crippen molar-refractivity contribution in [2.24, 2.45) is 21.9 Å². The molecule has 0 saturated carbocycles. The van der Waals surface area contributed by atoms with E-state index in [1.54, 1.807) is 13.3 Å². The van der Waals surface area contributed by atoms with Crippen LogP contribution in [-0.4, -0.2) is 19.0 Å². The molecule has 52 valence electrons. The first-order valence-corrected chi connectivity index (χ1v) is 2.92. The van der Waals surface area contributed by atoms with Crippen LogP contribution in [0.5, 0.6) is 0 Å². The molecule has 0 aromatic carbocycles. The Morgan fingerprint density at radius 1 is 1.56 bits per heavy atom. The minimum atomic E-state index is 0.360. The maximum absolute atomic E-state index is 5.06. The zero-order chi connectivity index (χ0) is 7.28. The average Bonchev–Trinajstić information content (AvgIpc) is 1.82. The van der Waals surface area contributed by atoms with Crippen molar-refractivity contribution < 1.29 is 0 Å². The van der Waals surface area contributed by atoms with Gasteiger partial charge in [0.15, 0.2) is 0 Å². The van der Waals surface area contributed by atoms with Gasteiger partial charge in [-0.3, -0.25) is 4.99 Å². The molecule has 0 aliphatic carbocycles. The fraction of sp³-hybridized carbons (Fsp3) is 0.667. The predicted molar refractivity (Wildman–Crippen MR) is 40.9 cm³/mol. The lowest BCUT2D eigenvalue weighted by atomic mass is 10.1. The number of hydrazone groups is 1. The van der Waals surface area contributed by atoms with Crippen LogP contribution in [0.2, 0.25) is 0 Å². The van der Waals surface area contributed by atoms with Gasteiger partial charge in [0, 0.05) is 13.3 Å². The first-order valence-electron chi connectivity index (χ1n) is 2.92. The molecule has 0 fully saturated rings. The Balaban J connectivity index is 4.01. The summed E-state index contributed by atoms with van der Waals surface area (Å²) in [5, 5.41) is 3.54. The highest BCUT2D eigenvalue weighted by molar-refractivity contribution is 6.31. The number of rotatable bonds is 2. The minimum absolute atomic E-state index is 0.360. The van der Waals surface area contributed by atoms with Crippen molar-refractivity contribution in [1.82, 2.24) is 0 Å². The molecular weight excluding hydrogens is 114 g/mol. The maximum atomic E-state index is 5.06. The highest BCUT2D eigenvalue weighted by atomic mass is 15.1. The van der Waals surface area contributed by atoms with Gasteiger partial charge in [-0.1, -0.05) is 13.8 Å². The Kier molecular flexibility index (Phi) is 3.67. The van der Waals surface area contributed by atoms with Crippen molar-refractivity contribution in [3.63, 3.8) is 0 Å². The molecule has 3 nitrogen and oxygen atoms in total. The van der Waals surface area contributed by atoms with E-state index in [-0.39, 0.29) is 0 Å². The van der Waals surface area contributed by atoms with E-state index in [9.17, 15) is 0 Å². The van der Waals surface area contributed by atoms with Gasteiger partial charge < -0.3 is 5.84 Å². The summed E-state index contributed by atoms with van der Waals surface area (Å²) in [6, 6.07) is 0. The van der Waals surface area contributed by atoms with Crippen LogP contribution in [0.3, 0.4) is 0 Å². The van der Waals surface area contributed by atoms with E-state index in [1.165, 1.54) is 0 Å². The molecule has 0 aliphatic heterocycles. The van der Waals surface area contributed by atoms with E-state index in [0.29, 0.717) is 5.92 Å². The Labute approximate surface area is 55.7 Å². The second-order valence-electron chi connectivity index (χ2n) is 2.10. The van der Waals surface area contributed by atoms with Crippen molar-refractivity contribution in [1.29, 1.82) is 0 Å². The van der Waals surface area contributed by atoms with Crippen LogP contribution in [0.25, 0.3) is 0 Å². The fourth-order valence-electron chi connectivity index (χ4n) is 0.464. The number of nitrogens with zero attached hydrogens (tertiary/aromatic N) is 2.